The largest absolute Gasteiger partial charge is 0.506 e. The summed E-state index contributed by atoms with van der Waals surface area (Å²) < 4.78 is 102. The summed E-state index contributed by atoms with van der Waals surface area (Å²) in [6.45, 7) is 1.79. The van der Waals surface area contributed by atoms with Crippen molar-refractivity contribution in [2.45, 2.75) is 42.6 Å². The van der Waals surface area contributed by atoms with E-state index in [9.17, 15) is 39.9 Å². The number of carboxylic acid groups (broad SMARTS) is 1. The Labute approximate surface area is 260 Å². The smallest absolute Gasteiger partial charge is 0.490 e. The van der Waals surface area contributed by atoms with E-state index >= 15 is 0 Å². The van der Waals surface area contributed by atoms with Gasteiger partial charge in [0.05, 0.1) is 48.2 Å². The molecule has 0 atom stereocenters. The second kappa shape index (κ2) is 14.4. The number of piperidine rings is 1. The predicted molar refractivity (Wildman–Crippen MR) is 156 cm³/mol. The third-order valence-electron chi connectivity index (χ3n) is 6.67. The molecule has 0 radical (unpaired) electrons. The molecule has 1 aromatic carbocycles. The number of anilines is 2. The van der Waals surface area contributed by atoms with Gasteiger partial charge >= 0.3 is 18.3 Å². The molecule has 0 bridgehead atoms. The monoisotopic (exact) mass is 679 g/mol. The van der Waals surface area contributed by atoms with Crippen LogP contribution in [0.1, 0.15) is 24.2 Å². The molecule has 0 saturated carbocycles. The summed E-state index contributed by atoms with van der Waals surface area (Å²) in [5.41, 5.74) is 0.934. The molecular formula is C28H31F6N5O6S. The van der Waals surface area contributed by atoms with E-state index < -0.39 is 34.6 Å². The van der Waals surface area contributed by atoms with Gasteiger partial charge in [0.1, 0.15) is 17.2 Å². The molecule has 0 unspecified atom stereocenters. The molecule has 46 heavy (non-hydrogen) atoms. The van der Waals surface area contributed by atoms with Gasteiger partial charge in [-0.05, 0) is 51.0 Å². The van der Waals surface area contributed by atoms with Crippen LogP contribution in [0.15, 0.2) is 35.4 Å². The van der Waals surface area contributed by atoms with Crippen LogP contribution in [0.3, 0.4) is 0 Å². The zero-order valence-corrected chi connectivity index (χ0v) is 25.6. The second-order valence-electron chi connectivity index (χ2n) is 10.3. The molecule has 1 fully saturated rings. The van der Waals surface area contributed by atoms with E-state index in [0.29, 0.717) is 11.4 Å². The Kier molecular flexibility index (Phi) is 11.3. The Hall–Kier alpha value is -4.37. The Balaban J connectivity index is 0.000000738. The number of sulfone groups is 1. The molecule has 4 rings (SSSR count). The molecule has 0 amide bonds. The molecule has 1 saturated heterocycles. The summed E-state index contributed by atoms with van der Waals surface area (Å²) in [4.78, 5) is 15.6. The summed E-state index contributed by atoms with van der Waals surface area (Å²) in [5, 5.41) is 23.7. The number of carboxylic acids is 1. The van der Waals surface area contributed by atoms with Crippen LogP contribution in [-0.2, 0) is 21.1 Å². The minimum atomic E-state index is -5.08. The van der Waals surface area contributed by atoms with Crippen molar-refractivity contribution >= 4 is 32.8 Å². The lowest BCUT2D eigenvalue weighted by molar-refractivity contribution is -0.192. The van der Waals surface area contributed by atoms with E-state index in [1.807, 2.05) is 7.05 Å². The summed E-state index contributed by atoms with van der Waals surface area (Å²) in [6, 6.07) is 5.88. The number of benzene rings is 1. The van der Waals surface area contributed by atoms with Crippen molar-refractivity contribution in [3.63, 3.8) is 0 Å². The number of aliphatic carboxylic acids is 1. The maximum absolute atomic E-state index is 13.5. The molecule has 3 aromatic rings. The first-order chi connectivity index (χ1) is 21.3. The number of ether oxygens (including phenoxy) is 1. The van der Waals surface area contributed by atoms with Crippen molar-refractivity contribution in [1.82, 2.24) is 14.3 Å². The molecule has 252 valence electrons. The summed E-state index contributed by atoms with van der Waals surface area (Å²) >= 11 is 0. The van der Waals surface area contributed by atoms with E-state index in [0.717, 1.165) is 32.2 Å². The fourth-order valence-corrected chi connectivity index (χ4v) is 5.07. The zero-order valence-electron chi connectivity index (χ0n) is 24.8. The van der Waals surface area contributed by atoms with E-state index in [1.54, 1.807) is 0 Å². The van der Waals surface area contributed by atoms with Gasteiger partial charge in [-0.2, -0.15) is 26.3 Å². The summed E-state index contributed by atoms with van der Waals surface area (Å²) in [7, 11) is -0.00512. The van der Waals surface area contributed by atoms with Gasteiger partial charge in [0.2, 0.25) is 0 Å². The fourth-order valence-electron chi connectivity index (χ4n) is 4.43. The van der Waals surface area contributed by atoms with E-state index in [4.69, 9.17) is 14.6 Å². The van der Waals surface area contributed by atoms with Crippen molar-refractivity contribution in [2.75, 3.05) is 50.7 Å². The number of halogens is 6. The first-order valence-corrected chi connectivity index (χ1v) is 15.3. The van der Waals surface area contributed by atoms with Crippen molar-refractivity contribution in [3.05, 3.63) is 41.9 Å². The Morgan fingerprint density at radius 2 is 1.76 bits per heavy atom. The molecule has 0 aliphatic carbocycles. The average molecular weight is 680 g/mol. The highest BCUT2D eigenvalue weighted by Gasteiger charge is 2.38. The van der Waals surface area contributed by atoms with Crippen LogP contribution in [0.4, 0.5) is 37.7 Å². The van der Waals surface area contributed by atoms with Crippen molar-refractivity contribution < 1.29 is 54.5 Å². The SMILES string of the molecule is COc1cc(S(C)(=O)=O)ccc1NCC#Cc1nc2c(NC3CCN(C)CC3)cc(O)cn2c1CC(F)(F)F.O=C(O)C(F)(F)F. The predicted octanol–water partition coefficient (Wildman–Crippen LogP) is 4.16. The summed E-state index contributed by atoms with van der Waals surface area (Å²) in [6.07, 6.45) is -6.89. The number of pyridine rings is 1. The van der Waals surface area contributed by atoms with Crippen LogP contribution in [0, 0.1) is 11.8 Å². The highest BCUT2D eigenvalue weighted by Crippen LogP contribution is 2.31. The molecule has 2 aromatic heterocycles. The zero-order chi connectivity index (χ0) is 34.4. The normalized spacial score (nSPS) is 14.5. The minimum Gasteiger partial charge on any atom is -0.506 e. The van der Waals surface area contributed by atoms with Crippen LogP contribution in [0.5, 0.6) is 11.5 Å². The number of methoxy groups -OCH3 is 1. The first-order valence-electron chi connectivity index (χ1n) is 13.4. The van der Waals surface area contributed by atoms with Gasteiger partial charge in [-0.1, -0.05) is 5.92 Å². The number of nitrogens with zero attached hydrogens (tertiary/aromatic N) is 3. The topological polar surface area (TPSA) is 146 Å². The number of hydrogen-bond donors (Lipinski definition) is 4. The number of carbonyl (C=O) groups is 1. The first kappa shape index (κ1) is 36.1. The Bertz CT molecular complexity index is 1720. The molecule has 11 nitrogen and oxygen atoms in total. The van der Waals surface area contributed by atoms with Gasteiger partial charge in [-0.3, -0.25) is 4.40 Å². The average Bonchev–Trinajstić information content (AvgIpc) is 3.27. The number of rotatable bonds is 7. The lowest BCUT2D eigenvalue weighted by Gasteiger charge is -2.30. The van der Waals surface area contributed by atoms with Crippen LogP contribution in [0.25, 0.3) is 5.65 Å². The van der Waals surface area contributed by atoms with Crippen LogP contribution in [-0.4, -0.2) is 97.3 Å². The molecule has 1 aliphatic rings. The number of aromatic hydroxyl groups is 1. The maximum atomic E-state index is 13.5. The number of fused-ring (bicyclic) bond motifs is 1. The quantitative estimate of drug-likeness (QED) is 0.212. The molecule has 1 aliphatic heterocycles. The number of alkyl halides is 6. The van der Waals surface area contributed by atoms with E-state index in [1.165, 1.54) is 42.0 Å². The highest BCUT2D eigenvalue weighted by molar-refractivity contribution is 7.90. The third-order valence-corrected chi connectivity index (χ3v) is 7.78. The molecule has 3 heterocycles. The Morgan fingerprint density at radius 1 is 1.13 bits per heavy atom. The minimum absolute atomic E-state index is 0.0276. The van der Waals surface area contributed by atoms with Gasteiger partial charge in [0, 0.05) is 24.4 Å². The van der Waals surface area contributed by atoms with E-state index in [-0.39, 0.29) is 46.0 Å². The summed E-state index contributed by atoms with van der Waals surface area (Å²) in [5.74, 6) is 2.85. The number of likely N-dealkylation sites (tertiary alicyclic amines) is 1. The highest BCUT2D eigenvalue weighted by atomic mass is 32.2. The fraction of sp³-hybridized carbons (Fsp3) is 0.429. The Morgan fingerprint density at radius 3 is 2.30 bits per heavy atom. The van der Waals surface area contributed by atoms with Gasteiger partial charge in [0.25, 0.3) is 0 Å². The number of imidazole rings is 1. The van der Waals surface area contributed by atoms with Gasteiger partial charge in [-0.15, -0.1) is 0 Å². The standard InChI is InChI=1S/C26H30F3N5O4S.C2HF3O2/c1-33-11-8-17(9-12-33)31-22-13-18(35)16-34-23(15-26(27,28)29)20(32-25(22)34)5-4-10-30-21-7-6-19(39(3,36)37)14-24(21)38-2;3-2(4,5)1(6)7/h6-7,13-14,16-17,30-31,35H,8-12,15H2,1-3H3;(H,6,7). The van der Waals surface area contributed by atoms with Crippen molar-refractivity contribution in [1.29, 1.82) is 0 Å². The van der Waals surface area contributed by atoms with Crippen molar-refractivity contribution in [3.8, 4) is 23.3 Å². The van der Waals surface area contributed by atoms with Gasteiger partial charge in [0.15, 0.2) is 15.5 Å². The lowest BCUT2D eigenvalue weighted by Crippen LogP contribution is -2.36. The van der Waals surface area contributed by atoms with Crippen LogP contribution in [0.2, 0.25) is 0 Å². The van der Waals surface area contributed by atoms with Gasteiger partial charge in [-0.25, -0.2) is 18.2 Å². The van der Waals surface area contributed by atoms with E-state index in [2.05, 4.69) is 32.4 Å². The van der Waals surface area contributed by atoms with Crippen LogP contribution >= 0.6 is 0 Å². The number of hydrogen-bond acceptors (Lipinski definition) is 9. The van der Waals surface area contributed by atoms with Gasteiger partial charge < -0.3 is 30.5 Å². The lowest BCUT2D eigenvalue weighted by atomic mass is 10.1. The van der Waals surface area contributed by atoms with Crippen molar-refractivity contribution in [2.24, 2.45) is 0 Å². The molecular weight excluding hydrogens is 648 g/mol. The third kappa shape index (κ3) is 10.1. The maximum Gasteiger partial charge on any atom is 0.490 e. The molecule has 18 heteroatoms. The number of aromatic nitrogens is 2. The molecule has 0 spiro atoms. The number of nitrogens with one attached hydrogen (secondary N) is 2. The second-order valence-corrected chi connectivity index (χ2v) is 12.3. The van der Waals surface area contributed by atoms with Crippen LogP contribution < -0.4 is 15.4 Å². The molecule has 4 N–H and O–H groups in total.